The highest BCUT2D eigenvalue weighted by Crippen LogP contribution is 2.22. The van der Waals surface area contributed by atoms with E-state index < -0.39 is 6.04 Å². The number of hydrogen-bond donors (Lipinski definition) is 2. The van der Waals surface area contributed by atoms with Gasteiger partial charge < -0.3 is 15.4 Å². The lowest BCUT2D eigenvalue weighted by molar-refractivity contribution is -0.128. The van der Waals surface area contributed by atoms with Gasteiger partial charge in [-0.1, -0.05) is 0 Å². The SMILES string of the molecule is CSCCC(NC(C)=O)C(=O)NC1CCC(Oc2nc(C)cc(C)n2)CC1. The Kier molecular flexibility index (Phi) is 8.34. The predicted molar refractivity (Wildman–Crippen MR) is 107 cm³/mol. The Morgan fingerprint density at radius 2 is 1.85 bits per heavy atom. The zero-order chi connectivity index (χ0) is 19.8. The monoisotopic (exact) mass is 394 g/mol. The number of amides is 2. The van der Waals surface area contributed by atoms with E-state index in [4.69, 9.17) is 4.74 Å². The van der Waals surface area contributed by atoms with E-state index in [0.29, 0.717) is 12.4 Å². The van der Waals surface area contributed by atoms with E-state index in [1.54, 1.807) is 11.8 Å². The van der Waals surface area contributed by atoms with Crippen LogP contribution in [0, 0.1) is 13.8 Å². The second-order valence-corrected chi connectivity index (χ2v) is 8.05. The fraction of sp³-hybridized carbons (Fsp3) is 0.684. The highest BCUT2D eigenvalue weighted by atomic mass is 32.2. The van der Waals surface area contributed by atoms with Crippen molar-refractivity contribution in [2.24, 2.45) is 0 Å². The third-order valence-electron chi connectivity index (χ3n) is 4.56. The molecule has 150 valence electrons. The topological polar surface area (TPSA) is 93.2 Å². The molecule has 0 bridgehead atoms. The molecule has 0 spiro atoms. The van der Waals surface area contributed by atoms with Crippen molar-refractivity contribution in [1.29, 1.82) is 0 Å². The number of carbonyl (C=O) groups is 2. The second-order valence-electron chi connectivity index (χ2n) is 7.07. The van der Waals surface area contributed by atoms with E-state index in [0.717, 1.165) is 42.8 Å². The Morgan fingerprint density at radius 1 is 1.22 bits per heavy atom. The summed E-state index contributed by atoms with van der Waals surface area (Å²) in [6.45, 7) is 5.30. The van der Waals surface area contributed by atoms with Crippen LogP contribution in [0.3, 0.4) is 0 Å². The van der Waals surface area contributed by atoms with E-state index >= 15 is 0 Å². The summed E-state index contributed by atoms with van der Waals surface area (Å²) in [7, 11) is 0. The fourth-order valence-electron chi connectivity index (χ4n) is 3.27. The van der Waals surface area contributed by atoms with Crippen LogP contribution < -0.4 is 15.4 Å². The first-order valence-electron chi connectivity index (χ1n) is 9.42. The lowest BCUT2D eigenvalue weighted by Crippen LogP contribution is -2.50. The first kappa shape index (κ1) is 21.5. The van der Waals surface area contributed by atoms with E-state index in [2.05, 4.69) is 20.6 Å². The van der Waals surface area contributed by atoms with E-state index in [1.165, 1.54) is 6.92 Å². The van der Waals surface area contributed by atoms with E-state index in [9.17, 15) is 9.59 Å². The Balaban J connectivity index is 1.81. The highest BCUT2D eigenvalue weighted by Gasteiger charge is 2.27. The van der Waals surface area contributed by atoms with Gasteiger partial charge in [0, 0.05) is 24.4 Å². The molecular weight excluding hydrogens is 364 g/mol. The Bertz CT molecular complexity index is 628. The molecular formula is C19H30N4O3S. The first-order valence-corrected chi connectivity index (χ1v) is 10.8. The van der Waals surface area contributed by atoms with Gasteiger partial charge in [-0.3, -0.25) is 9.59 Å². The summed E-state index contributed by atoms with van der Waals surface area (Å²) in [5, 5.41) is 5.84. The molecule has 8 heteroatoms. The number of aromatic nitrogens is 2. The molecule has 1 atom stereocenters. The standard InChI is InChI=1S/C19H30N4O3S/c1-12-11-13(2)21-19(20-12)26-16-7-5-15(6-8-16)23-18(25)17(9-10-27-4)22-14(3)24/h11,15-17H,5-10H2,1-4H3,(H,22,24)(H,23,25). The predicted octanol–water partition coefficient (Wildman–Crippen LogP) is 2.16. The molecule has 1 fully saturated rings. The van der Waals surface area contributed by atoms with Gasteiger partial charge in [-0.05, 0) is 64.0 Å². The van der Waals surface area contributed by atoms with Crippen molar-refractivity contribution in [2.45, 2.75) is 71.1 Å². The molecule has 1 unspecified atom stereocenters. The molecule has 0 radical (unpaired) electrons. The Hall–Kier alpha value is -1.83. The van der Waals surface area contributed by atoms with Crippen molar-refractivity contribution in [3.63, 3.8) is 0 Å². The number of aryl methyl sites for hydroxylation is 2. The molecule has 1 aliphatic carbocycles. The van der Waals surface area contributed by atoms with Crippen molar-refractivity contribution in [2.75, 3.05) is 12.0 Å². The molecule has 0 aromatic carbocycles. The number of nitrogens with one attached hydrogen (secondary N) is 2. The quantitative estimate of drug-likeness (QED) is 0.702. The van der Waals surface area contributed by atoms with E-state index in [-0.39, 0.29) is 24.0 Å². The van der Waals surface area contributed by atoms with Gasteiger partial charge in [-0.15, -0.1) is 0 Å². The summed E-state index contributed by atoms with van der Waals surface area (Å²) in [6, 6.07) is 2.00. The van der Waals surface area contributed by atoms with Crippen LogP contribution in [0.15, 0.2) is 6.07 Å². The van der Waals surface area contributed by atoms with Gasteiger partial charge in [0.2, 0.25) is 11.8 Å². The van der Waals surface area contributed by atoms with Crippen molar-refractivity contribution in [3.05, 3.63) is 17.5 Å². The second kappa shape index (κ2) is 10.5. The average molecular weight is 395 g/mol. The number of carbonyl (C=O) groups excluding carboxylic acids is 2. The molecule has 1 aliphatic rings. The van der Waals surface area contributed by atoms with Crippen LogP contribution in [-0.4, -0.2) is 52.0 Å². The van der Waals surface area contributed by atoms with Crippen LogP contribution in [0.25, 0.3) is 0 Å². The van der Waals surface area contributed by atoms with Crippen LogP contribution in [0.5, 0.6) is 6.01 Å². The van der Waals surface area contributed by atoms with Crippen molar-refractivity contribution < 1.29 is 14.3 Å². The summed E-state index contributed by atoms with van der Waals surface area (Å²) in [5.74, 6) is 0.553. The minimum Gasteiger partial charge on any atom is -0.460 e. The van der Waals surface area contributed by atoms with Gasteiger partial charge in [0.15, 0.2) is 0 Å². The van der Waals surface area contributed by atoms with Gasteiger partial charge >= 0.3 is 6.01 Å². The van der Waals surface area contributed by atoms with Crippen LogP contribution in [0.2, 0.25) is 0 Å². The fourth-order valence-corrected chi connectivity index (χ4v) is 3.74. The summed E-state index contributed by atoms with van der Waals surface area (Å²) < 4.78 is 5.93. The molecule has 1 saturated carbocycles. The third kappa shape index (κ3) is 7.36. The van der Waals surface area contributed by atoms with E-state index in [1.807, 2.05) is 26.2 Å². The first-order chi connectivity index (χ1) is 12.9. The maximum Gasteiger partial charge on any atom is 0.317 e. The van der Waals surface area contributed by atoms with Gasteiger partial charge in [-0.2, -0.15) is 11.8 Å². The molecule has 0 saturated heterocycles. The van der Waals surface area contributed by atoms with Gasteiger partial charge in [-0.25, -0.2) is 9.97 Å². The van der Waals surface area contributed by atoms with Crippen molar-refractivity contribution in [3.8, 4) is 6.01 Å². The molecule has 0 aliphatic heterocycles. The molecule has 7 nitrogen and oxygen atoms in total. The van der Waals surface area contributed by atoms with Crippen LogP contribution in [-0.2, 0) is 9.59 Å². The maximum atomic E-state index is 12.5. The van der Waals surface area contributed by atoms with Crippen LogP contribution in [0.1, 0.15) is 50.4 Å². The smallest absolute Gasteiger partial charge is 0.317 e. The minimum absolute atomic E-state index is 0.0713. The summed E-state index contributed by atoms with van der Waals surface area (Å²) in [6.07, 6.45) is 6.07. The molecule has 1 heterocycles. The number of hydrogen-bond acceptors (Lipinski definition) is 6. The van der Waals surface area contributed by atoms with Crippen molar-refractivity contribution in [1.82, 2.24) is 20.6 Å². The largest absolute Gasteiger partial charge is 0.460 e. The van der Waals surface area contributed by atoms with Crippen LogP contribution >= 0.6 is 11.8 Å². The number of ether oxygens (including phenoxy) is 1. The Labute approximate surface area is 165 Å². The maximum absolute atomic E-state index is 12.5. The normalized spacial score (nSPS) is 20.6. The number of nitrogens with zero attached hydrogens (tertiary/aromatic N) is 2. The van der Waals surface area contributed by atoms with Gasteiger partial charge in [0.05, 0.1) is 0 Å². The van der Waals surface area contributed by atoms with Crippen LogP contribution in [0.4, 0.5) is 0 Å². The molecule has 2 N–H and O–H groups in total. The number of thioether (sulfide) groups is 1. The average Bonchev–Trinajstić information content (AvgIpc) is 2.59. The van der Waals surface area contributed by atoms with Gasteiger partial charge in [0.25, 0.3) is 0 Å². The lowest BCUT2D eigenvalue weighted by Gasteiger charge is -2.30. The molecule has 1 aromatic rings. The summed E-state index contributed by atoms with van der Waals surface area (Å²) in [4.78, 5) is 32.5. The summed E-state index contributed by atoms with van der Waals surface area (Å²) >= 11 is 1.66. The number of rotatable bonds is 8. The molecule has 1 aromatic heterocycles. The molecule has 2 amide bonds. The third-order valence-corrected chi connectivity index (χ3v) is 5.20. The zero-order valence-corrected chi connectivity index (χ0v) is 17.4. The highest BCUT2D eigenvalue weighted by molar-refractivity contribution is 7.98. The molecule has 2 rings (SSSR count). The van der Waals surface area contributed by atoms with Gasteiger partial charge in [0.1, 0.15) is 12.1 Å². The van der Waals surface area contributed by atoms with Crippen molar-refractivity contribution >= 4 is 23.6 Å². The Morgan fingerprint density at radius 3 is 2.41 bits per heavy atom. The summed E-state index contributed by atoms with van der Waals surface area (Å²) in [5.41, 5.74) is 1.79. The minimum atomic E-state index is -0.465. The zero-order valence-electron chi connectivity index (χ0n) is 16.6. The lowest BCUT2D eigenvalue weighted by atomic mass is 9.92. The molecule has 27 heavy (non-hydrogen) atoms.